The lowest BCUT2D eigenvalue weighted by Crippen LogP contribution is -2.47. The Morgan fingerprint density at radius 1 is 1.15 bits per heavy atom. The van der Waals surface area contributed by atoms with Gasteiger partial charge in [0.05, 0.1) is 6.61 Å². The Hall–Kier alpha value is -2.48. The third-order valence-electron chi connectivity index (χ3n) is 3.79. The van der Waals surface area contributed by atoms with Gasteiger partial charge in [0.15, 0.2) is 11.5 Å². The number of urea groups is 1. The molecule has 146 valence electrons. The van der Waals surface area contributed by atoms with E-state index < -0.39 is 18.0 Å². The first-order valence-corrected chi connectivity index (χ1v) is 8.84. The highest BCUT2D eigenvalue weighted by Crippen LogP contribution is 2.24. The smallest absolute Gasteiger partial charge is 0.328 e. The Morgan fingerprint density at radius 2 is 1.92 bits per heavy atom. The van der Waals surface area contributed by atoms with Crippen LogP contribution in [0.2, 0.25) is 0 Å². The van der Waals surface area contributed by atoms with E-state index in [2.05, 4.69) is 16.0 Å². The molecule has 1 aromatic rings. The number of ether oxygens (including phenoxy) is 1. The Bertz CT molecular complexity index is 580. The molecule has 0 spiro atoms. The van der Waals surface area contributed by atoms with E-state index in [1.807, 2.05) is 7.05 Å². The third-order valence-corrected chi connectivity index (χ3v) is 3.79. The number of esters is 1. The van der Waals surface area contributed by atoms with Gasteiger partial charge in [-0.25, -0.2) is 9.59 Å². The zero-order valence-electron chi connectivity index (χ0n) is 15.4. The molecule has 1 aromatic carbocycles. The van der Waals surface area contributed by atoms with Crippen LogP contribution in [0.5, 0.6) is 11.5 Å². The number of hydrogen-bond donors (Lipinski definition) is 5. The van der Waals surface area contributed by atoms with Gasteiger partial charge in [-0.3, -0.25) is 0 Å². The summed E-state index contributed by atoms with van der Waals surface area (Å²) < 4.78 is 5.01. The van der Waals surface area contributed by atoms with E-state index in [0.717, 1.165) is 24.9 Å². The Balaban J connectivity index is 2.43. The molecule has 8 heteroatoms. The van der Waals surface area contributed by atoms with Crippen LogP contribution in [0.1, 0.15) is 31.7 Å². The van der Waals surface area contributed by atoms with Crippen LogP contribution < -0.4 is 16.0 Å². The van der Waals surface area contributed by atoms with E-state index in [0.29, 0.717) is 19.4 Å². The van der Waals surface area contributed by atoms with Crippen LogP contribution in [-0.4, -0.2) is 55.0 Å². The van der Waals surface area contributed by atoms with Crippen molar-refractivity contribution in [1.82, 2.24) is 16.0 Å². The number of benzene rings is 1. The van der Waals surface area contributed by atoms with Crippen molar-refractivity contribution in [2.24, 2.45) is 0 Å². The average Bonchev–Trinajstić information content (AvgIpc) is 2.61. The molecule has 0 radical (unpaired) electrons. The number of phenols is 2. The van der Waals surface area contributed by atoms with Crippen molar-refractivity contribution < 1.29 is 24.5 Å². The lowest BCUT2D eigenvalue weighted by molar-refractivity contribution is -0.145. The monoisotopic (exact) mass is 367 g/mol. The number of phenolic OH excluding ortho intramolecular Hbond substituents is 2. The average molecular weight is 367 g/mol. The number of rotatable bonds is 11. The number of carbonyl (C=O) groups is 2. The predicted molar refractivity (Wildman–Crippen MR) is 98.2 cm³/mol. The summed E-state index contributed by atoms with van der Waals surface area (Å²) in [4.78, 5) is 24.0. The number of nitrogens with one attached hydrogen (secondary N) is 3. The summed E-state index contributed by atoms with van der Waals surface area (Å²) in [5.41, 5.74) is 0.773. The highest BCUT2D eigenvalue weighted by Gasteiger charge is 2.21. The molecule has 0 aliphatic carbocycles. The Kier molecular flexibility index (Phi) is 9.93. The first kappa shape index (κ1) is 21.6. The number of unbranched alkanes of at least 4 members (excludes halogenated alkanes) is 1. The van der Waals surface area contributed by atoms with Crippen LogP contribution in [0.3, 0.4) is 0 Å². The van der Waals surface area contributed by atoms with Crippen LogP contribution >= 0.6 is 0 Å². The molecular formula is C18H29N3O5. The summed E-state index contributed by atoms with van der Waals surface area (Å²) in [6.07, 6.45) is 2.69. The number of amides is 2. The number of hydrogen-bond acceptors (Lipinski definition) is 6. The SMILES string of the molecule is CCOC(=O)C(CCCCNC)NC(=O)NCCc1ccc(O)c(O)c1. The van der Waals surface area contributed by atoms with Crippen molar-refractivity contribution in [3.63, 3.8) is 0 Å². The fraction of sp³-hybridized carbons (Fsp3) is 0.556. The Labute approximate surface area is 153 Å². The van der Waals surface area contributed by atoms with E-state index in [-0.39, 0.29) is 18.1 Å². The standard InChI is InChI=1S/C18H29N3O5/c1-3-26-17(24)14(6-4-5-10-19-2)21-18(25)20-11-9-13-7-8-15(22)16(23)12-13/h7-8,12,14,19,22-23H,3-6,9-11H2,1-2H3,(H2,20,21,25). The summed E-state index contributed by atoms with van der Waals surface area (Å²) in [5.74, 6) is -0.818. The van der Waals surface area contributed by atoms with Gasteiger partial charge in [0.1, 0.15) is 6.04 Å². The number of carbonyl (C=O) groups excluding carboxylic acids is 2. The van der Waals surface area contributed by atoms with Crippen LogP contribution in [0.15, 0.2) is 18.2 Å². The minimum absolute atomic E-state index is 0.185. The maximum absolute atomic E-state index is 12.0. The minimum atomic E-state index is -0.676. The molecule has 0 saturated carbocycles. The van der Waals surface area contributed by atoms with Crippen molar-refractivity contribution in [3.05, 3.63) is 23.8 Å². The fourth-order valence-electron chi connectivity index (χ4n) is 2.40. The molecule has 0 aromatic heterocycles. The molecule has 5 N–H and O–H groups in total. The maximum Gasteiger partial charge on any atom is 0.328 e. The Morgan fingerprint density at radius 3 is 2.58 bits per heavy atom. The normalized spacial score (nSPS) is 11.6. The number of aromatic hydroxyl groups is 2. The lowest BCUT2D eigenvalue weighted by Gasteiger charge is -2.17. The van der Waals surface area contributed by atoms with Crippen molar-refractivity contribution in [2.45, 2.75) is 38.6 Å². The fourth-order valence-corrected chi connectivity index (χ4v) is 2.40. The molecule has 0 aliphatic rings. The van der Waals surface area contributed by atoms with Gasteiger partial charge in [0.25, 0.3) is 0 Å². The van der Waals surface area contributed by atoms with E-state index in [9.17, 15) is 19.8 Å². The maximum atomic E-state index is 12.0. The molecule has 8 nitrogen and oxygen atoms in total. The van der Waals surface area contributed by atoms with Gasteiger partial charge in [-0.15, -0.1) is 0 Å². The van der Waals surface area contributed by atoms with Crippen LogP contribution in [0.4, 0.5) is 4.79 Å². The van der Waals surface area contributed by atoms with Crippen LogP contribution in [0, 0.1) is 0 Å². The summed E-state index contributed by atoms with van der Waals surface area (Å²) in [5, 5.41) is 27.1. The van der Waals surface area contributed by atoms with Crippen molar-refractivity contribution in [3.8, 4) is 11.5 Å². The zero-order valence-corrected chi connectivity index (χ0v) is 15.4. The molecule has 2 amide bonds. The van der Waals surface area contributed by atoms with E-state index in [1.165, 1.54) is 12.1 Å². The molecule has 26 heavy (non-hydrogen) atoms. The van der Waals surface area contributed by atoms with Gasteiger partial charge < -0.3 is 30.9 Å². The van der Waals surface area contributed by atoms with Gasteiger partial charge in [-0.2, -0.15) is 0 Å². The molecular weight excluding hydrogens is 338 g/mol. The molecule has 1 rings (SSSR count). The topological polar surface area (TPSA) is 120 Å². The highest BCUT2D eigenvalue weighted by molar-refractivity contribution is 5.83. The predicted octanol–water partition coefficient (Wildman–Crippen LogP) is 1.26. The van der Waals surface area contributed by atoms with Gasteiger partial charge in [0.2, 0.25) is 0 Å². The van der Waals surface area contributed by atoms with Crippen molar-refractivity contribution in [2.75, 3.05) is 26.7 Å². The van der Waals surface area contributed by atoms with Gasteiger partial charge in [-0.1, -0.05) is 6.07 Å². The van der Waals surface area contributed by atoms with Gasteiger partial charge >= 0.3 is 12.0 Å². The van der Waals surface area contributed by atoms with E-state index >= 15 is 0 Å². The largest absolute Gasteiger partial charge is 0.504 e. The second-order valence-corrected chi connectivity index (χ2v) is 5.88. The van der Waals surface area contributed by atoms with E-state index in [4.69, 9.17) is 4.74 Å². The lowest BCUT2D eigenvalue weighted by atomic mass is 10.1. The summed E-state index contributed by atoms with van der Waals surface area (Å²) in [6, 6.07) is 3.38. The second kappa shape index (κ2) is 12.0. The molecule has 0 fully saturated rings. The van der Waals surface area contributed by atoms with Gasteiger partial charge in [0, 0.05) is 6.54 Å². The van der Waals surface area contributed by atoms with Gasteiger partial charge in [-0.05, 0) is 63.9 Å². The highest BCUT2D eigenvalue weighted by atomic mass is 16.5. The second-order valence-electron chi connectivity index (χ2n) is 5.88. The quantitative estimate of drug-likeness (QED) is 0.228. The minimum Gasteiger partial charge on any atom is -0.504 e. The van der Waals surface area contributed by atoms with Crippen LogP contribution in [-0.2, 0) is 16.0 Å². The first-order chi connectivity index (χ1) is 12.5. The summed E-state index contributed by atoms with van der Waals surface area (Å²) >= 11 is 0. The van der Waals surface area contributed by atoms with E-state index in [1.54, 1.807) is 13.0 Å². The van der Waals surface area contributed by atoms with Crippen molar-refractivity contribution in [1.29, 1.82) is 0 Å². The van der Waals surface area contributed by atoms with Crippen molar-refractivity contribution >= 4 is 12.0 Å². The van der Waals surface area contributed by atoms with Crippen LogP contribution in [0.25, 0.3) is 0 Å². The molecule has 0 heterocycles. The molecule has 0 saturated heterocycles. The summed E-state index contributed by atoms with van der Waals surface area (Å²) in [7, 11) is 1.86. The molecule has 0 aliphatic heterocycles. The molecule has 1 unspecified atom stereocenters. The zero-order chi connectivity index (χ0) is 19.4. The summed E-state index contributed by atoms with van der Waals surface area (Å²) in [6.45, 7) is 3.16. The first-order valence-electron chi connectivity index (χ1n) is 8.84. The third kappa shape index (κ3) is 8.06. The molecule has 0 bridgehead atoms. The molecule has 1 atom stereocenters.